The van der Waals surface area contributed by atoms with Crippen LogP contribution in [0.3, 0.4) is 0 Å². The van der Waals surface area contributed by atoms with E-state index in [1.54, 1.807) is 0 Å². The number of aliphatic hydroxyl groups is 1. The van der Waals surface area contributed by atoms with Crippen molar-refractivity contribution in [3.8, 4) is 0 Å². The van der Waals surface area contributed by atoms with Gasteiger partial charge in [0.15, 0.2) is 18.0 Å². The third kappa shape index (κ3) is 1.71. The Hall–Kier alpha value is -2.55. The van der Waals surface area contributed by atoms with E-state index in [0.717, 1.165) is 4.90 Å². The Balaban J connectivity index is 1.91. The maximum atomic E-state index is 12.1. The number of fused-ring (bicyclic) bond motifs is 1. The molecule has 19 heavy (non-hydrogen) atoms. The number of aromatic nitrogens is 2. The van der Waals surface area contributed by atoms with E-state index in [9.17, 15) is 19.5 Å². The summed E-state index contributed by atoms with van der Waals surface area (Å²) in [5, 5.41) is 13.9. The predicted molar refractivity (Wildman–Crippen MR) is 58.4 cm³/mol. The summed E-state index contributed by atoms with van der Waals surface area (Å²) < 4.78 is 0. The largest absolute Gasteiger partial charge is 0.371 e. The zero-order valence-corrected chi connectivity index (χ0v) is 9.53. The highest BCUT2D eigenvalue weighted by atomic mass is 16.3. The summed E-state index contributed by atoms with van der Waals surface area (Å²) in [7, 11) is 0. The van der Waals surface area contributed by atoms with Gasteiger partial charge in [0.1, 0.15) is 0 Å². The van der Waals surface area contributed by atoms with Crippen LogP contribution in [0.2, 0.25) is 0 Å². The van der Waals surface area contributed by atoms with Gasteiger partial charge < -0.3 is 15.3 Å². The molecule has 2 atom stereocenters. The molecule has 3 heterocycles. The number of nitrogens with one attached hydrogen (secondary N) is 2. The second-order valence-electron chi connectivity index (χ2n) is 4.14. The molecule has 9 heteroatoms. The van der Waals surface area contributed by atoms with Gasteiger partial charge in [0, 0.05) is 12.4 Å². The fraction of sp³-hybridized carbons (Fsp3) is 0.300. The Labute approximate surface area is 106 Å². The lowest BCUT2D eigenvalue weighted by atomic mass is 10.1. The number of hydrogen-bond acceptors (Lipinski definition) is 6. The van der Waals surface area contributed by atoms with Crippen LogP contribution in [-0.4, -0.2) is 50.1 Å². The monoisotopic (exact) mass is 263 g/mol. The SMILES string of the molecule is O=C1NC(=O)C(N2Cc3nccnc3C2=O)C(O)N1. The molecule has 2 unspecified atom stereocenters. The molecular formula is C10H9N5O4. The molecule has 1 aromatic heterocycles. The molecule has 98 valence electrons. The third-order valence-electron chi connectivity index (χ3n) is 2.98. The topological polar surface area (TPSA) is 125 Å². The van der Waals surface area contributed by atoms with Gasteiger partial charge in [0.25, 0.3) is 11.8 Å². The molecule has 4 amide bonds. The molecule has 2 aliphatic rings. The number of nitrogens with zero attached hydrogens (tertiary/aromatic N) is 3. The van der Waals surface area contributed by atoms with Crippen LogP contribution in [0, 0.1) is 0 Å². The lowest BCUT2D eigenvalue weighted by Gasteiger charge is -2.33. The second-order valence-corrected chi connectivity index (χ2v) is 4.14. The molecule has 3 N–H and O–H groups in total. The van der Waals surface area contributed by atoms with Gasteiger partial charge in [-0.25, -0.2) is 9.78 Å². The number of amides is 4. The Kier molecular flexibility index (Phi) is 2.42. The minimum atomic E-state index is -1.46. The number of urea groups is 1. The summed E-state index contributed by atoms with van der Waals surface area (Å²) in [6.45, 7) is 0.0625. The predicted octanol–water partition coefficient (Wildman–Crippen LogP) is -2.04. The van der Waals surface area contributed by atoms with Crippen LogP contribution in [0.4, 0.5) is 4.79 Å². The Morgan fingerprint density at radius 2 is 2.00 bits per heavy atom. The van der Waals surface area contributed by atoms with Gasteiger partial charge in [-0.2, -0.15) is 0 Å². The Bertz CT molecular complexity index is 589. The first-order valence-corrected chi connectivity index (χ1v) is 5.48. The van der Waals surface area contributed by atoms with E-state index in [1.165, 1.54) is 12.4 Å². The highest BCUT2D eigenvalue weighted by Gasteiger charge is 2.45. The molecule has 1 fully saturated rings. The first kappa shape index (κ1) is 11.5. The van der Waals surface area contributed by atoms with E-state index in [-0.39, 0.29) is 12.2 Å². The highest BCUT2D eigenvalue weighted by Crippen LogP contribution is 2.22. The highest BCUT2D eigenvalue weighted by molar-refractivity contribution is 6.04. The molecule has 2 aliphatic heterocycles. The zero-order valence-electron chi connectivity index (χ0n) is 9.53. The number of aliphatic hydroxyl groups excluding tert-OH is 1. The fourth-order valence-corrected chi connectivity index (χ4v) is 2.15. The van der Waals surface area contributed by atoms with Crippen LogP contribution in [0.25, 0.3) is 0 Å². The van der Waals surface area contributed by atoms with Crippen LogP contribution in [0.15, 0.2) is 12.4 Å². The maximum absolute atomic E-state index is 12.1. The summed E-state index contributed by atoms with van der Waals surface area (Å²) in [5.74, 6) is -1.24. The Morgan fingerprint density at radius 3 is 2.68 bits per heavy atom. The van der Waals surface area contributed by atoms with Gasteiger partial charge in [-0.15, -0.1) is 0 Å². The zero-order chi connectivity index (χ0) is 13.6. The molecule has 9 nitrogen and oxygen atoms in total. The van der Waals surface area contributed by atoms with Crippen LogP contribution in [0.1, 0.15) is 16.2 Å². The second kappa shape index (κ2) is 3.99. The van der Waals surface area contributed by atoms with Crippen molar-refractivity contribution in [3.63, 3.8) is 0 Å². The normalized spacial score (nSPS) is 25.9. The molecule has 0 radical (unpaired) electrons. The summed E-state index contributed by atoms with van der Waals surface area (Å²) in [6, 6.07) is -1.99. The minimum Gasteiger partial charge on any atom is -0.371 e. The van der Waals surface area contributed by atoms with E-state index < -0.39 is 30.1 Å². The molecule has 3 rings (SSSR count). The van der Waals surface area contributed by atoms with Gasteiger partial charge in [-0.3, -0.25) is 19.9 Å². The molecule has 1 saturated heterocycles. The van der Waals surface area contributed by atoms with E-state index in [0.29, 0.717) is 5.69 Å². The first-order valence-electron chi connectivity index (χ1n) is 5.48. The number of carbonyl (C=O) groups excluding carboxylic acids is 3. The van der Waals surface area contributed by atoms with Gasteiger partial charge in [0.2, 0.25) is 0 Å². The maximum Gasteiger partial charge on any atom is 0.323 e. The molecule has 0 saturated carbocycles. The lowest BCUT2D eigenvalue weighted by Crippen LogP contribution is -2.66. The smallest absolute Gasteiger partial charge is 0.323 e. The van der Waals surface area contributed by atoms with Crippen molar-refractivity contribution in [1.82, 2.24) is 25.5 Å². The summed E-state index contributed by atoms with van der Waals surface area (Å²) in [4.78, 5) is 43.9. The summed E-state index contributed by atoms with van der Waals surface area (Å²) in [6.07, 6.45) is 1.35. The Morgan fingerprint density at radius 1 is 1.26 bits per heavy atom. The fourth-order valence-electron chi connectivity index (χ4n) is 2.15. The average Bonchev–Trinajstić information content (AvgIpc) is 2.66. The standard InChI is InChI=1S/C10H9N5O4/c16-7-6(8(17)14-10(19)13-7)15-3-4-5(9(15)18)12-2-1-11-4/h1-2,6-7,16H,3H2,(H2,13,14,17,19). The molecule has 0 bridgehead atoms. The van der Waals surface area contributed by atoms with Crippen LogP contribution >= 0.6 is 0 Å². The molecule has 0 aromatic carbocycles. The van der Waals surface area contributed by atoms with E-state index in [4.69, 9.17) is 0 Å². The molecule has 0 aliphatic carbocycles. The van der Waals surface area contributed by atoms with E-state index in [1.807, 2.05) is 5.32 Å². The van der Waals surface area contributed by atoms with Crippen molar-refractivity contribution in [2.24, 2.45) is 0 Å². The minimum absolute atomic E-state index is 0.0625. The molecular weight excluding hydrogens is 254 g/mol. The number of imide groups is 1. The molecule has 0 spiro atoms. The van der Waals surface area contributed by atoms with Crippen molar-refractivity contribution in [2.45, 2.75) is 18.8 Å². The lowest BCUT2D eigenvalue weighted by molar-refractivity contribution is -0.131. The summed E-state index contributed by atoms with van der Waals surface area (Å²) >= 11 is 0. The average molecular weight is 263 g/mol. The van der Waals surface area contributed by atoms with E-state index >= 15 is 0 Å². The van der Waals surface area contributed by atoms with Crippen molar-refractivity contribution >= 4 is 17.8 Å². The van der Waals surface area contributed by atoms with Crippen molar-refractivity contribution in [3.05, 3.63) is 23.8 Å². The number of hydrogen-bond donors (Lipinski definition) is 3. The van der Waals surface area contributed by atoms with Crippen molar-refractivity contribution in [1.29, 1.82) is 0 Å². The van der Waals surface area contributed by atoms with Crippen LogP contribution < -0.4 is 10.6 Å². The van der Waals surface area contributed by atoms with Gasteiger partial charge in [-0.1, -0.05) is 0 Å². The number of rotatable bonds is 1. The van der Waals surface area contributed by atoms with Gasteiger partial charge in [-0.05, 0) is 0 Å². The number of carbonyl (C=O) groups is 3. The van der Waals surface area contributed by atoms with Crippen molar-refractivity contribution in [2.75, 3.05) is 0 Å². The molecule has 1 aromatic rings. The van der Waals surface area contributed by atoms with Gasteiger partial charge in [0.05, 0.1) is 12.2 Å². The van der Waals surface area contributed by atoms with Crippen molar-refractivity contribution < 1.29 is 19.5 Å². The van der Waals surface area contributed by atoms with E-state index in [2.05, 4.69) is 15.3 Å². The van der Waals surface area contributed by atoms with Gasteiger partial charge >= 0.3 is 6.03 Å². The first-order chi connectivity index (χ1) is 9.08. The third-order valence-corrected chi connectivity index (χ3v) is 2.98. The van der Waals surface area contributed by atoms with Crippen LogP contribution in [0.5, 0.6) is 0 Å². The van der Waals surface area contributed by atoms with Crippen LogP contribution in [-0.2, 0) is 11.3 Å². The quantitative estimate of drug-likeness (QED) is 0.536. The summed E-state index contributed by atoms with van der Waals surface area (Å²) in [5.41, 5.74) is 0.587.